The van der Waals surface area contributed by atoms with Crippen molar-refractivity contribution in [1.82, 2.24) is 9.97 Å². The second-order valence-electron chi connectivity index (χ2n) is 4.93. The molecule has 4 nitrogen and oxygen atoms in total. The van der Waals surface area contributed by atoms with Crippen LogP contribution in [0.15, 0.2) is 35.7 Å². The molecule has 3 aromatic rings. The minimum absolute atomic E-state index is 0.345. The van der Waals surface area contributed by atoms with Gasteiger partial charge in [0.05, 0.1) is 5.39 Å². The summed E-state index contributed by atoms with van der Waals surface area (Å²) >= 11 is 1.60. The number of fused-ring (bicyclic) bond motifs is 2. The molecule has 100 valence electrons. The molecule has 0 aliphatic carbocycles. The quantitative estimate of drug-likeness (QED) is 0.743. The number of hydrogen-bond acceptors (Lipinski definition) is 5. The van der Waals surface area contributed by atoms with Crippen LogP contribution in [0.3, 0.4) is 0 Å². The summed E-state index contributed by atoms with van der Waals surface area (Å²) in [7, 11) is 0. The Labute approximate surface area is 120 Å². The first kappa shape index (κ1) is 11.7. The summed E-state index contributed by atoms with van der Waals surface area (Å²) < 4.78 is 0. The predicted octanol–water partition coefficient (Wildman–Crippen LogP) is 3.36. The SMILES string of the molecule is Nc1nc(N2CCCc3ccccc32)c2ccsc2n1. The van der Waals surface area contributed by atoms with E-state index >= 15 is 0 Å². The first-order valence-corrected chi connectivity index (χ1v) is 7.57. The van der Waals surface area contributed by atoms with Gasteiger partial charge in [0.1, 0.15) is 10.6 Å². The number of rotatable bonds is 1. The molecule has 0 amide bonds. The zero-order valence-corrected chi connectivity index (χ0v) is 11.7. The van der Waals surface area contributed by atoms with Crippen LogP contribution in [0.2, 0.25) is 0 Å². The molecule has 0 unspecified atom stereocenters. The highest BCUT2D eigenvalue weighted by Gasteiger charge is 2.21. The molecule has 2 N–H and O–H groups in total. The number of nitrogens with zero attached hydrogens (tertiary/aromatic N) is 3. The Hall–Kier alpha value is -2.14. The molecule has 1 aromatic carbocycles. The lowest BCUT2D eigenvalue weighted by atomic mass is 10.0. The van der Waals surface area contributed by atoms with Gasteiger partial charge >= 0.3 is 0 Å². The molecular formula is C15H14N4S. The molecule has 0 saturated carbocycles. The molecule has 1 aliphatic heterocycles. The summed E-state index contributed by atoms with van der Waals surface area (Å²) in [6.45, 7) is 0.971. The van der Waals surface area contributed by atoms with Crippen LogP contribution in [0, 0.1) is 0 Å². The molecule has 0 saturated heterocycles. The van der Waals surface area contributed by atoms with E-state index in [0.29, 0.717) is 5.95 Å². The molecule has 0 radical (unpaired) electrons. The number of aromatic nitrogens is 2. The summed E-state index contributed by atoms with van der Waals surface area (Å²) in [5.41, 5.74) is 8.48. The van der Waals surface area contributed by atoms with Crippen molar-refractivity contribution < 1.29 is 0 Å². The van der Waals surface area contributed by atoms with Gasteiger partial charge in [0.2, 0.25) is 5.95 Å². The highest BCUT2D eigenvalue weighted by Crippen LogP contribution is 2.37. The van der Waals surface area contributed by atoms with Crippen molar-refractivity contribution in [2.24, 2.45) is 0 Å². The summed E-state index contributed by atoms with van der Waals surface area (Å²) in [5, 5.41) is 3.12. The Morgan fingerprint density at radius 1 is 1.15 bits per heavy atom. The van der Waals surface area contributed by atoms with E-state index < -0.39 is 0 Å². The molecule has 0 fully saturated rings. The van der Waals surface area contributed by atoms with Crippen molar-refractivity contribution in [3.63, 3.8) is 0 Å². The van der Waals surface area contributed by atoms with Crippen LogP contribution in [0.1, 0.15) is 12.0 Å². The standard InChI is InChI=1S/C15H14N4S/c16-15-17-13(11-7-9-20-14(11)18-15)19-8-3-5-10-4-1-2-6-12(10)19/h1-2,4,6-7,9H,3,5,8H2,(H2,16,17,18). The van der Waals surface area contributed by atoms with E-state index in [2.05, 4.69) is 45.2 Å². The van der Waals surface area contributed by atoms with E-state index in [1.807, 2.05) is 5.38 Å². The number of benzene rings is 1. The Kier molecular flexibility index (Phi) is 2.60. The zero-order valence-electron chi connectivity index (χ0n) is 10.9. The van der Waals surface area contributed by atoms with Crippen LogP contribution < -0.4 is 10.6 Å². The number of anilines is 3. The van der Waals surface area contributed by atoms with E-state index in [0.717, 1.165) is 35.4 Å². The van der Waals surface area contributed by atoms with Gasteiger partial charge in [0.25, 0.3) is 0 Å². The lowest BCUT2D eigenvalue weighted by Gasteiger charge is -2.30. The topological polar surface area (TPSA) is 55.0 Å². The van der Waals surface area contributed by atoms with Crippen molar-refractivity contribution >= 4 is 39.0 Å². The van der Waals surface area contributed by atoms with Gasteiger partial charge < -0.3 is 10.6 Å². The first-order chi connectivity index (χ1) is 9.83. The van der Waals surface area contributed by atoms with E-state index in [-0.39, 0.29) is 0 Å². The van der Waals surface area contributed by atoms with Gasteiger partial charge in [-0.15, -0.1) is 11.3 Å². The third-order valence-corrected chi connectivity index (χ3v) is 4.49. The number of thiophene rings is 1. The number of para-hydroxylation sites is 1. The number of hydrogen-bond donors (Lipinski definition) is 1. The molecule has 3 heterocycles. The van der Waals surface area contributed by atoms with Crippen LogP contribution in [0.5, 0.6) is 0 Å². The molecular weight excluding hydrogens is 268 g/mol. The van der Waals surface area contributed by atoms with Crippen LogP contribution >= 0.6 is 11.3 Å². The fraction of sp³-hybridized carbons (Fsp3) is 0.200. The van der Waals surface area contributed by atoms with Gasteiger partial charge in [0.15, 0.2) is 0 Å². The Morgan fingerprint density at radius 2 is 2.05 bits per heavy atom. The fourth-order valence-corrected chi connectivity index (χ4v) is 3.58. The maximum Gasteiger partial charge on any atom is 0.223 e. The second kappa shape index (κ2) is 4.45. The highest BCUT2D eigenvalue weighted by atomic mass is 32.1. The number of aryl methyl sites for hydroxylation is 1. The van der Waals surface area contributed by atoms with Crippen molar-refractivity contribution in [2.45, 2.75) is 12.8 Å². The lowest BCUT2D eigenvalue weighted by molar-refractivity contribution is 0.761. The molecule has 0 bridgehead atoms. The van der Waals surface area contributed by atoms with Gasteiger partial charge in [-0.2, -0.15) is 4.98 Å². The predicted molar refractivity (Wildman–Crippen MR) is 83.6 cm³/mol. The van der Waals surface area contributed by atoms with E-state index in [1.165, 1.54) is 11.3 Å². The molecule has 0 atom stereocenters. The fourth-order valence-electron chi connectivity index (χ4n) is 2.82. The molecule has 2 aromatic heterocycles. The van der Waals surface area contributed by atoms with Gasteiger partial charge in [0, 0.05) is 12.2 Å². The first-order valence-electron chi connectivity index (χ1n) is 6.69. The van der Waals surface area contributed by atoms with Crippen molar-refractivity contribution in [2.75, 3.05) is 17.2 Å². The maximum absolute atomic E-state index is 5.87. The van der Waals surface area contributed by atoms with Gasteiger partial charge in [-0.05, 0) is 35.9 Å². The average Bonchev–Trinajstić information content (AvgIpc) is 2.94. The van der Waals surface area contributed by atoms with E-state index in [4.69, 9.17) is 5.73 Å². The van der Waals surface area contributed by atoms with Crippen LogP contribution in [-0.4, -0.2) is 16.5 Å². The third kappa shape index (κ3) is 1.74. The average molecular weight is 282 g/mol. The minimum Gasteiger partial charge on any atom is -0.368 e. The molecule has 20 heavy (non-hydrogen) atoms. The van der Waals surface area contributed by atoms with Gasteiger partial charge in [-0.1, -0.05) is 18.2 Å². The third-order valence-electron chi connectivity index (χ3n) is 3.69. The van der Waals surface area contributed by atoms with Gasteiger partial charge in [-0.25, -0.2) is 4.98 Å². The van der Waals surface area contributed by atoms with Crippen LogP contribution in [0.4, 0.5) is 17.5 Å². The van der Waals surface area contributed by atoms with Crippen LogP contribution in [0.25, 0.3) is 10.2 Å². The highest BCUT2D eigenvalue weighted by molar-refractivity contribution is 7.16. The summed E-state index contributed by atoms with van der Waals surface area (Å²) in [4.78, 5) is 12.0. The van der Waals surface area contributed by atoms with Crippen molar-refractivity contribution in [3.05, 3.63) is 41.3 Å². The van der Waals surface area contributed by atoms with Crippen LogP contribution in [-0.2, 0) is 6.42 Å². The van der Waals surface area contributed by atoms with Crippen molar-refractivity contribution in [3.8, 4) is 0 Å². The Morgan fingerprint density at radius 3 is 3.00 bits per heavy atom. The summed E-state index contributed by atoms with van der Waals surface area (Å²) in [5.74, 6) is 1.28. The molecule has 5 heteroatoms. The normalized spacial score (nSPS) is 14.5. The zero-order chi connectivity index (χ0) is 13.5. The lowest BCUT2D eigenvalue weighted by Crippen LogP contribution is -2.25. The van der Waals surface area contributed by atoms with Crippen molar-refractivity contribution in [1.29, 1.82) is 0 Å². The smallest absolute Gasteiger partial charge is 0.223 e. The number of nitrogens with two attached hydrogens (primary N) is 1. The van der Waals surface area contributed by atoms with Gasteiger partial charge in [-0.3, -0.25) is 0 Å². The Balaban J connectivity index is 1.94. The minimum atomic E-state index is 0.345. The molecule has 0 spiro atoms. The maximum atomic E-state index is 5.87. The number of nitrogen functional groups attached to an aromatic ring is 1. The summed E-state index contributed by atoms with van der Waals surface area (Å²) in [6, 6.07) is 10.6. The molecule has 1 aliphatic rings. The van der Waals surface area contributed by atoms with E-state index in [9.17, 15) is 0 Å². The monoisotopic (exact) mass is 282 g/mol. The molecule has 4 rings (SSSR count). The summed E-state index contributed by atoms with van der Waals surface area (Å²) in [6.07, 6.45) is 2.26. The largest absolute Gasteiger partial charge is 0.368 e. The Bertz CT molecular complexity index is 780. The second-order valence-corrected chi connectivity index (χ2v) is 5.82. The van der Waals surface area contributed by atoms with E-state index in [1.54, 1.807) is 11.3 Å².